The lowest BCUT2D eigenvalue weighted by atomic mass is 10.2. The fourth-order valence-electron chi connectivity index (χ4n) is 1.95. The van der Waals surface area contributed by atoms with Gasteiger partial charge in [0.05, 0.1) is 4.88 Å². The molecule has 1 saturated heterocycles. The number of hydrogen-bond donors (Lipinski definition) is 1. The van der Waals surface area contributed by atoms with E-state index in [1.165, 1.54) is 6.42 Å². The Hall–Kier alpha value is -0.710. The summed E-state index contributed by atoms with van der Waals surface area (Å²) >= 11 is 1.54. The molecule has 0 unspecified atom stereocenters. The minimum atomic E-state index is 0.284. The molecule has 1 fully saturated rings. The van der Waals surface area contributed by atoms with Gasteiger partial charge in [0.15, 0.2) is 5.78 Å². The molecular formula is C12H18N2OS. The van der Waals surface area contributed by atoms with Gasteiger partial charge in [-0.05, 0) is 31.0 Å². The van der Waals surface area contributed by atoms with Crippen LogP contribution in [0.4, 0.5) is 0 Å². The highest BCUT2D eigenvalue weighted by molar-refractivity contribution is 7.12. The standard InChI is InChI=1S/C12H18N2OS/c15-11(12-3-1-10-16-12)4-8-14-7-2-5-13-6-9-14/h1,3,10,13H,2,4-9H2. The van der Waals surface area contributed by atoms with Gasteiger partial charge in [-0.25, -0.2) is 0 Å². The molecule has 16 heavy (non-hydrogen) atoms. The Bertz CT molecular complexity index is 316. The number of carbonyl (C=O) groups excluding carboxylic acids is 1. The van der Waals surface area contributed by atoms with Gasteiger partial charge in [-0.3, -0.25) is 4.79 Å². The average Bonchev–Trinajstić information content (AvgIpc) is 2.71. The smallest absolute Gasteiger partial charge is 0.174 e. The van der Waals surface area contributed by atoms with Crippen LogP contribution in [0.1, 0.15) is 22.5 Å². The van der Waals surface area contributed by atoms with Crippen molar-refractivity contribution in [1.29, 1.82) is 0 Å². The number of hydrogen-bond acceptors (Lipinski definition) is 4. The minimum Gasteiger partial charge on any atom is -0.315 e. The lowest BCUT2D eigenvalue weighted by Gasteiger charge is -2.18. The van der Waals surface area contributed by atoms with Crippen molar-refractivity contribution in [3.63, 3.8) is 0 Å². The Labute approximate surface area is 100 Å². The van der Waals surface area contributed by atoms with Gasteiger partial charge in [-0.15, -0.1) is 11.3 Å². The Morgan fingerprint density at radius 3 is 3.19 bits per heavy atom. The molecule has 0 radical (unpaired) electrons. The maximum atomic E-state index is 11.8. The normalized spacial score (nSPS) is 18.2. The van der Waals surface area contributed by atoms with Gasteiger partial charge in [0.25, 0.3) is 0 Å². The first-order valence-corrected chi connectivity index (χ1v) is 6.74. The van der Waals surface area contributed by atoms with E-state index in [1.807, 2.05) is 17.5 Å². The van der Waals surface area contributed by atoms with E-state index in [0.717, 1.165) is 37.6 Å². The van der Waals surface area contributed by atoms with Crippen LogP contribution in [0.5, 0.6) is 0 Å². The largest absolute Gasteiger partial charge is 0.315 e. The second-order valence-electron chi connectivity index (χ2n) is 4.10. The molecule has 2 rings (SSSR count). The molecule has 1 aliphatic heterocycles. The predicted molar refractivity (Wildman–Crippen MR) is 67.2 cm³/mol. The van der Waals surface area contributed by atoms with Crippen molar-refractivity contribution in [3.05, 3.63) is 22.4 Å². The molecule has 1 aromatic heterocycles. The number of carbonyl (C=O) groups is 1. The van der Waals surface area contributed by atoms with Gasteiger partial charge in [0.1, 0.15) is 0 Å². The summed E-state index contributed by atoms with van der Waals surface area (Å²) in [7, 11) is 0. The Morgan fingerprint density at radius 2 is 2.38 bits per heavy atom. The number of thiophene rings is 1. The molecule has 1 aliphatic rings. The molecule has 0 spiro atoms. The third kappa shape index (κ3) is 3.40. The zero-order valence-electron chi connectivity index (χ0n) is 9.45. The minimum absolute atomic E-state index is 0.284. The molecule has 1 aromatic rings. The van der Waals surface area contributed by atoms with Gasteiger partial charge in [-0.2, -0.15) is 0 Å². The Balaban J connectivity index is 1.76. The fourth-order valence-corrected chi connectivity index (χ4v) is 2.64. The first-order valence-electron chi connectivity index (χ1n) is 5.86. The van der Waals surface area contributed by atoms with Crippen LogP contribution in [0.15, 0.2) is 17.5 Å². The van der Waals surface area contributed by atoms with E-state index in [4.69, 9.17) is 0 Å². The summed E-state index contributed by atoms with van der Waals surface area (Å²) in [6.07, 6.45) is 1.84. The second kappa shape index (κ2) is 6.13. The van der Waals surface area contributed by atoms with Crippen molar-refractivity contribution in [2.75, 3.05) is 32.7 Å². The molecule has 1 N–H and O–H groups in total. The van der Waals surface area contributed by atoms with Crippen LogP contribution in [0, 0.1) is 0 Å². The SMILES string of the molecule is O=C(CCN1CCCNCC1)c1cccs1. The van der Waals surface area contributed by atoms with Crippen LogP contribution < -0.4 is 5.32 Å². The summed E-state index contributed by atoms with van der Waals surface area (Å²) in [5.41, 5.74) is 0. The molecule has 0 aromatic carbocycles. The third-order valence-electron chi connectivity index (χ3n) is 2.88. The lowest BCUT2D eigenvalue weighted by molar-refractivity contribution is 0.0969. The third-order valence-corrected chi connectivity index (χ3v) is 3.79. The average molecular weight is 238 g/mol. The summed E-state index contributed by atoms with van der Waals surface area (Å²) in [5.74, 6) is 0.284. The van der Waals surface area contributed by atoms with Crippen molar-refractivity contribution in [2.45, 2.75) is 12.8 Å². The van der Waals surface area contributed by atoms with Gasteiger partial charge in [0.2, 0.25) is 0 Å². The van der Waals surface area contributed by atoms with Crippen molar-refractivity contribution in [3.8, 4) is 0 Å². The number of Topliss-reactive ketones (excluding diaryl/α,β-unsaturated/α-hetero) is 1. The van der Waals surface area contributed by atoms with E-state index in [-0.39, 0.29) is 5.78 Å². The van der Waals surface area contributed by atoms with Crippen molar-refractivity contribution in [1.82, 2.24) is 10.2 Å². The summed E-state index contributed by atoms with van der Waals surface area (Å²) in [6.45, 7) is 5.24. The van der Waals surface area contributed by atoms with Crippen molar-refractivity contribution in [2.24, 2.45) is 0 Å². The van der Waals surface area contributed by atoms with Crippen LogP contribution in [-0.2, 0) is 0 Å². The Morgan fingerprint density at radius 1 is 1.44 bits per heavy atom. The van der Waals surface area contributed by atoms with Crippen LogP contribution in [-0.4, -0.2) is 43.4 Å². The first-order chi connectivity index (χ1) is 7.86. The van der Waals surface area contributed by atoms with Crippen LogP contribution >= 0.6 is 11.3 Å². The highest BCUT2D eigenvalue weighted by Gasteiger charge is 2.12. The summed E-state index contributed by atoms with van der Waals surface area (Å²) in [4.78, 5) is 15.1. The lowest BCUT2D eigenvalue weighted by Crippen LogP contribution is -2.30. The molecule has 3 nitrogen and oxygen atoms in total. The zero-order valence-corrected chi connectivity index (χ0v) is 10.3. The second-order valence-corrected chi connectivity index (χ2v) is 5.04. The molecule has 0 aliphatic carbocycles. The number of rotatable bonds is 4. The first kappa shape index (κ1) is 11.8. The van der Waals surface area contributed by atoms with Crippen molar-refractivity contribution < 1.29 is 4.79 Å². The molecular weight excluding hydrogens is 220 g/mol. The maximum Gasteiger partial charge on any atom is 0.174 e. The van der Waals surface area contributed by atoms with E-state index in [2.05, 4.69) is 10.2 Å². The van der Waals surface area contributed by atoms with E-state index in [1.54, 1.807) is 11.3 Å². The van der Waals surface area contributed by atoms with Gasteiger partial charge >= 0.3 is 0 Å². The predicted octanol–water partition coefficient (Wildman–Crippen LogP) is 1.62. The van der Waals surface area contributed by atoms with Crippen LogP contribution in [0.25, 0.3) is 0 Å². The van der Waals surface area contributed by atoms with Gasteiger partial charge in [-0.1, -0.05) is 6.07 Å². The van der Waals surface area contributed by atoms with Gasteiger partial charge in [0, 0.05) is 26.1 Å². The topological polar surface area (TPSA) is 32.3 Å². The Kier molecular flexibility index (Phi) is 4.51. The molecule has 0 atom stereocenters. The monoisotopic (exact) mass is 238 g/mol. The maximum absolute atomic E-state index is 11.8. The van der Waals surface area contributed by atoms with E-state index in [0.29, 0.717) is 6.42 Å². The summed E-state index contributed by atoms with van der Waals surface area (Å²) in [5, 5.41) is 5.33. The van der Waals surface area contributed by atoms with Gasteiger partial charge < -0.3 is 10.2 Å². The molecule has 4 heteroatoms. The highest BCUT2D eigenvalue weighted by Crippen LogP contribution is 2.11. The number of nitrogens with zero attached hydrogens (tertiary/aromatic N) is 1. The van der Waals surface area contributed by atoms with Crippen LogP contribution in [0.3, 0.4) is 0 Å². The fraction of sp³-hybridized carbons (Fsp3) is 0.583. The molecule has 0 amide bonds. The van der Waals surface area contributed by atoms with Crippen molar-refractivity contribution >= 4 is 17.1 Å². The molecule has 2 heterocycles. The van der Waals surface area contributed by atoms with E-state index >= 15 is 0 Å². The van der Waals surface area contributed by atoms with Crippen LogP contribution in [0.2, 0.25) is 0 Å². The molecule has 0 bridgehead atoms. The van der Waals surface area contributed by atoms with E-state index in [9.17, 15) is 4.79 Å². The molecule has 88 valence electrons. The molecule has 0 saturated carbocycles. The summed E-state index contributed by atoms with van der Waals surface area (Å²) < 4.78 is 0. The number of nitrogens with one attached hydrogen (secondary N) is 1. The zero-order chi connectivity index (χ0) is 11.2. The highest BCUT2D eigenvalue weighted by atomic mass is 32.1. The van der Waals surface area contributed by atoms with E-state index < -0.39 is 0 Å². The quantitative estimate of drug-likeness (QED) is 0.809. The summed E-state index contributed by atoms with van der Waals surface area (Å²) in [6, 6.07) is 3.85. The number of ketones is 1.